The van der Waals surface area contributed by atoms with Crippen molar-refractivity contribution >= 4 is 17.9 Å². The van der Waals surface area contributed by atoms with Gasteiger partial charge in [-0.1, -0.05) is 12.1 Å². The Balaban J connectivity index is 2.20. The van der Waals surface area contributed by atoms with Crippen LogP contribution in [0.4, 0.5) is 0 Å². The Morgan fingerprint density at radius 2 is 2.00 bits per heavy atom. The quantitative estimate of drug-likeness (QED) is 0.660. The average Bonchev–Trinajstić information content (AvgIpc) is 2.63. The number of phenolic OH excluding ortho intramolecular Hbond substituents is 1. The van der Waals surface area contributed by atoms with E-state index in [1.54, 1.807) is 30.3 Å². The molecule has 88 valence electrons. The zero-order chi connectivity index (χ0) is 12.3. The number of guanidine groups is 1. The lowest BCUT2D eigenvalue weighted by Gasteiger charge is -1.97. The summed E-state index contributed by atoms with van der Waals surface area (Å²) in [6, 6.07) is 6.60. The minimum atomic E-state index is -0.203. The SMILES string of the molecule is CCN=C1NC(=O)/C(=C\c2ccc(O)cc2)N1. The van der Waals surface area contributed by atoms with Gasteiger partial charge in [-0.3, -0.25) is 15.1 Å². The Morgan fingerprint density at radius 3 is 2.65 bits per heavy atom. The van der Waals surface area contributed by atoms with Gasteiger partial charge in [-0.25, -0.2) is 0 Å². The van der Waals surface area contributed by atoms with E-state index in [4.69, 9.17) is 5.11 Å². The van der Waals surface area contributed by atoms with Crippen LogP contribution in [0, 0.1) is 0 Å². The molecule has 1 aliphatic heterocycles. The van der Waals surface area contributed by atoms with Crippen LogP contribution in [-0.4, -0.2) is 23.5 Å². The van der Waals surface area contributed by atoms with Crippen LogP contribution in [0.1, 0.15) is 12.5 Å². The molecule has 17 heavy (non-hydrogen) atoms. The van der Waals surface area contributed by atoms with Crippen LogP contribution in [0.5, 0.6) is 5.75 Å². The summed E-state index contributed by atoms with van der Waals surface area (Å²) in [5.41, 5.74) is 1.28. The number of nitrogens with zero attached hydrogens (tertiary/aromatic N) is 1. The van der Waals surface area contributed by atoms with Gasteiger partial charge in [0.2, 0.25) is 5.96 Å². The topological polar surface area (TPSA) is 73.7 Å². The highest BCUT2D eigenvalue weighted by molar-refractivity contribution is 6.15. The minimum absolute atomic E-state index is 0.198. The molecule has 2 rings (SSSR count). The lowest BCUT2D eigenvalue weighted by Crippen LogP contribution is -2.25. The summed E-state index contributed by atoms with van der Waals surface area (Å²) in [7, 11) is 0. The maximum absolute atomic E-state index is 11.6. The van der Waals surface area contributed by atoms with Gasteiger partial charge in [-0.05, 0) is 30.7 Å². The number of benzene rings is 1. The van der Waals surface area contributed by atoms with Gasteiger partial charge in [0.25, 0.3) is 5.91 Å². The normalized spacial score (nSPS) is 19.5. The molecule has 1 heterocycles. The lowest BCUT2D eigenvalue weighted by atomic mass is 10.2. The van der Waals surface area contributed by atoms with Gasteiger partial charge in [0.15, 0.2) is 0 Å². The van der Waals surface area contributed by atoms with Gasteiger partial charge in [-0.2, -0.15) is 0 Å². The molecule has 1 aromatic carbocycles. The number of nitrogens with one attached hydrogen (secondary N) is 2. The number of hydrogen-bond acceptors (Lipinski definition) is 3. The molecule has 0 bridgehead atoms. The fourth-order valence-corrected chi connectivity index (χ4v) is 1.47. The second-order valence-electron chi connectivity index (χ2n) is 3.55. The zero-order valence-corrected chi connectivity index (χ0v) is 9.40. The van der Waals surface area contributed by atoms with Crippen molar-refractivity contribution < 1.29 is 9.90 Å². The van der Waals surface area contributed by atoms with Crippen LogP contribution in [0.25, 0.3) is 6.08 Å². The van der Waals surface area contributed by atoms with Gasteiger partial charge in [0.05, 0.1) is 0 Å². The van der Waals surface area contributed by atoms with Crippen LogP contribution >= 0.6 is 0 Å². The molecular formula is C12H13N3O2. The number of carbonyl (C=O) groups excluding carboxylic acids is 1. The number of aliphatic imine (C=N–C) groups is 1. The third-order valence-electron chi connectivity index (χ3n) is 2.25. The first-order valence-electron chi connectivity index (χ1n) is 5.32. The Kier molecular flexibility index (Phi) is 3.09. The monoisotopic (exact) mass is 231 g/mol. The van der Waals surface area contributed by atoms with Crippen LogP contribution in [0.3, 0.4) is 0 Å². The summed E-state index contributed by atoms with van der Waals surface area (Å²) in [6.07, 6.45) is 1.70. The van der Waals surface area contributed by atoms with Crippen molar-refractivity contribution in [2.45, 2.75) is 6.92 Å². The summed E-state index contributed by atoms with van der Waals surface area (Å²) < 4.78 is 0. The molecular weight excluding hydrogens is 218 g/mol. The molecule has 3 N–H and O–H groups in total. The van der Waals surface area contributed by atoms with E-state index < -0.39 is 0 Å². The van der Waals surface area contributed by atoms with E-state index in [0.717, 1.165) is 5.56 Å². The van der Waals surface area contributed by atoms with Crippen LogP contribution in [0.2, 0.25) is 0 Å². The highest BCUT2D eigenvalue weighted by Crippen LogP contribution is 2.13. The van der Waals surface area contributed by atoms with Gasteiger partial charge >= 0.3 is 0 Å². The molecule has 0 unspecified atom stereocenters. The van der Waals surface area contributed by atoms with Crippen molar-refractivity contribution in [1.29, 1.82) is 0 Å². The predicted molar refractivity (Wildman–Crippen MR) is 65.3 cm³/mol. The number of amides is 1. The second-order valence-corrected chi connectivity index (χ2v) is 3.55. The smallest absolute Gasteiger partial charge is 0.274 e. The first kappa shape index (κ1) is 11.2. The molecule has 1 fully saturated rings. The molecule has 0 radical (unpaired) electrons. The van der Waals surface area contributed by atoms with E-state index in [9.17, 15) is 4.79 Å². The Morgan fingerprint density at radius 1 is 1.29 bits per heavy atom. The summed E-state index contributed by atoms with van der Waals surface area (Å²) in [5, 5.41) is 14.7. The molecule has 0 aromatic heterocycles. The molecule has 5 nitrogen and oxygen atoms in total. The number of carbonyl (C=O) groups is 1. The first-order chi connectivity index (χ1) is 8.19. The number of aromatic hydroxyl groups is 1. The maximum Gasteiger partial charge on any atom is 0.274 e. The highest BCUT2D eigenvalue weighted by Gasteiger charge is 2.20. The van der Waals surface area contributed by atoms with Crippen LogP contribution in [0.15, 0.2) is 35.0 Å². The molecule has 5 heteroatoms. The van der Waals surface area contributed by atoms with Crippen molar-refractivity contribution in [3.05, 3.63) is 35.5 Å². The standard InChI is InChI=1S/C12H13N3O2/c1-2-13-12-14-10(11(17)15-12)7-8-3-5-9(16)6-4-8/h3-7,16H,2H2,1H3,(H2,13,14,15,17)/b10-7+. The molecule has 1 saturated heterocycles. The van der Waals surface area contributed by atoms with Crippen molar-refractivity contribution in [2.24, 2.45) is 4.99 Å². The Bertz CT molecular complexity index is 489. The van der Waals surface area contributed by atoms with Crippen molar-refractivity contribution in [3.8, 4) is 5.75 Å². The molecule has 0 aliphatic carbocycles. The van der Waals surface area contributed by atoms with Gasteiger partial charge in [-0.15, -0.1) is 0 Å². The third kappa shape index (κ3) is 2.63. The fraction of sp³-hybridized carbons (Fsp3) is 0.167. The van der Waals surface area contributed by atoms with E-state index in [1.165, 1.54) is 0 Å². The minimum Gasteiger partial charge on any atom is -0.508 e. The fourth-order valence-electron chi connectivity index (χ4n) is 1.47. The largest absolute Gasteiger partial charge is 0.508 e. The Hall–Kier alpha value is -2.30. The summed E-state index contributed by atoms with van der Waals surface area (Å²) in [4.78, 5) is 15.6. The van der Waals surface area contributed by atoms with E-state index in [-0.39, 0.29) is 11.7 Å². The third-order valence-corrected chi connectivity index (χ3v) is 2.25. The first-order valence-corrected chi connectivity index (χ1v) is 5.32. The zero-order valence-electron chi connectivity index (χ0n) is 9.40. The number of rotatable bonds is 2. The van der Waals surface area contributed by atoms with Gasteiger partial charge in [0, 0.05) is 6.54 Å². The predicted octanol–water partition coefficient (Wildman–Crippen LogP) is 0.828. The van der Waals surface area contributed by atoms with Gasteiger partial charge in [0.1, 0.15) is 11.4 Å². The van der Waals surface area contributed by atoms with Crippen molar-refractivity contribution in [1.82, 2.24) is 10.6 Å². The molecule has 0 saturated carbocycles. The lowest BCUT2D eigenvalue weighted by molar-refractivity contribution is -0.115. The van der Waals surface area contributed by atoms with E-state index in [2.05, 4.69) is 15.6 Å². The van der Waals surface area contributed by atoms with Gasteiger partial charge < -0.3 is 10.4 Å². The second kappa shape index (κ2) is 4.69. The van der Waals surface area contributed by atoms with E-state index in [1.807, 2.05) is 6.92 Å². The molecule has 1 aliphatic rings. The van der Waals surface area contributed by atoms with Crippen molar-refractivity contribution in [3.63, 3.8) is 0 Å². The summed E-state index contributed by atoms with van der Waals surface area (Å²) in [5.74, 6) is 0.469. The summed E-state index contributed by atoms with van der Waals surface area (Å²) >= 11 is 0. The highest BCUT2D eigenvalue weighted by atomic mass is 16.3. The maximum atomic E-state index is 11.6. The molecule has 0 spiro atoms. The van der Waals surface area contributed by atoms with Crippen molar-refractivity contribution in [2.75, 3.05) is 6.54 Å². The summed E-state index contributed by atoms with van der Waals surface area (Å²) in [6.45, 7) is 2.50. The van der Waals surface area contributed by atoms with Crippen LogP contribution in [-0.2, 0) is 4.79 Å². The molecule has 1 amide bonds. The van der Waals surface area contributed by atoms with Crippen LogP contribution < -0.4 is 10.6 Å². The number of phenols is 1. The average molecular weight is 231 g/mol. The Labute approximate surface area is 98.9 Å². The molecule has 1 aromatic rings. The van der Waals surface area contributed by atoms with E-state index >= 15 is 0 Å². The van der Waals surface area contributed by atoms with E-state index in [0.29, 0.717) is 18.2 Å². The number of hydrogen-bond donors (Lipinski definition) is 3. The molecule has 0 atom stereocenters.